The van der Waals surface area contributed by atoms with E-state index in [1.54, 1.807) is 6.07 Å². The molecule has 0 radical (unpaired) electrons. The fraction of sp³-hybridized carbons (Fsp3) is 0.178. The van der Waals surface area contributed by atoms with Gasteiger partial charge in [0.2, 0.25) is 0 Å². The average Bonchev–Trinajstić information content (AvgIpc) is 3.62. The van der Waals surface area contributed by atoms with E-state index in [9.17, 15) is 10.5 Å². The second-order valence-corrected chi connectivity index (χ2v) is 15.2. The van der Waals surface area contributed by atoms with E-state index < -0.39 is 0 Å². The summed E-state index contributed by atoms with van der Waals surface area (Å²) in [5, 5.41) is 24.7. The molecule has 0 saturated carbocycles. The largest absolute Gasteiger partial charge is 0.307 e. The monoisotopic (exact) mass is 647 g/mol. The van der Waals surface area contributed by atoms with Crippen molar-refractivity contribution >= 4 is 43.6 Å². The number of nitrogens with zero attached hydrogens (tertiary/aromatic N) is 5. The molecule has 0 aliphatic carbocycles. The van der Waals surface area contributed by atoms with Crippen molar-refractivity contribution in [1.29, 1.82) is 10.5 Å². The Balaban J connectivity index is 1.53. The molecule has 0 saturated heterocycles. The van der Waals surface area contributed by atoms with Crippen LogP contribution in [0.25, 0.3) is 66.1 Å². The van der Waals surface area contributed by atoms with Gasteiger partial charge in [-0.2, -0.15) is 10.5 Å². The second-order valence-electron chi connectivity index (χ2n) is 15.2. The maximum atomic E-state index is 10.2. The zero-order valence-corrected chi connectivity index (χ0v) is 29.2. The van der Waals surface area contributed by atoms with Gasteiger partial charge in [-0.3, -0.25) is 4.98 Å². The smallest absolute Gasteiger partial charge is 0.101 e. The number of benzene rings is 5. The molecule has 5 heteroatoms. The lowest BCUT2D eigenvalue weighted by Crippen LogP contribution is -2.10. The zero-order chi connectivity index (χ0) is 34.9. The Labute approximate surface area is 292 Å². The summed E-state index contributed by atoms with van der Waals surface area (Å²) in [5.74, 6) is 0. The van der Waals surface area contributed by atoms with E-state index in [0.717, 1.165) is 55.3 Å². The minimum Gasteiger partial charge on any atom is -0.307 e. The fourth-order valence-corrected chi connectivity index (χ4v) is 7.36. The maximum Gasteiger partial charge on any atom is 0.101 e. The number of hydrogen-bond acceptors (Lipinski definition) is 3. The van der Waals surface area contributed by atoms with Gasteiger partial charge < -0.3 is 9.13 Å². The van der Waals surface area contributed by atoms with Crippen LogP contribution in [0.5, 0.6) is 0 Å². The highest BCUT2D eigenvalue weighted by Gasteiger charge is 2.25. The average molecular weight is 648 g/mol. The molecule has 0 aliphatic rings. The van der Waals surface area contributed by atoms with Gasteiger partial charge in [0, 0.05) is 27.1 Å². The van der Waals surface area contributed by atoms with Crippen molar-refractivity contribution in [3.8, 4) is 34.6 Å². The third kappa shape index (κ3) is 4.78. The second kappa shape index (κ2) is 11.2. The van der Waals surface area contributed by atoms with Crippen LogP contribution in [0, 0.1) is 22.7 Å². The quantitative estimate of drug-likeness (QED) is 0.192. The van der Waals surface area contributed by atoms with Gasteiger partial charge in [0.15, 0.2) is 0 Å². The molecule has 0 aliphatic heterocycles. The van der Waals surface area contributed by atoms with Gasteiger partial charge in [0.25, 0.3) is 0 Å². The number of nitriles is 2. The molecule has 0 bridgehead atoms. The summed E-state index contributed by atoms with van der Waals surface area (Å²) < 4.78 is 4.61. The molecular weight excluding hydrogens is 611 g/mol. The van der Waals surface area contributed by atoms with Crippen molar-refractivity contribution in [2.45, 2.75) is 52.4 Å². The van der Waals surface area contributed by atoms with Crippen LogP contribution in [0.1, 0.15) is 63.8 Å². The maximum absolute atomic E-state index is 10.2. The summed E-state index contributed by atoms with van der Waals surface area (Å²) in [6.45, 7) is 13.5. The molecule has 5 aromatic carbocycles. The lowest BCUT2D eigenvalue weighted by molar-refractivity contribution is 0.591. The Morgan fingerprint density at radius 1 is 0.500 bits per heavy atom. The van der Waals surface area contributed by atoms with E-state index in [4.69, 9.17) is 4.98 Å². The SMILES string of the molecule is CC(C)(C)c1ccc2c(c1)c1ccccc1n2-c1cncc(-n2c3ccccc3c3cc(C(C)(C)C)ccc32)c1-c1ccc(C#N)c(C#N)c1. The lowest BCUT2D eigenvalue weighted by Gasteiger charge is -2.21. The van der Waals surface area contributed by atoms with E-state index in [1.165, 1.54) is 21.9 Å². The molecule has 8 rings (SSSR count). The first-order valence-corrected chi connectivity index (χ1v) is 17.0. The Morgan fingerprint density at radius 3 is 1.42 bits per heavy atom. The predicted molar refractivity (Wildman–Crippen MR) is 205 cm³/mol. The Kier molecular flexibility index (Phi) is 6.97. The molecule has 3 heterocycles. The van der Waals surface area contributed by atoms with Crippen molar-refractivity contribution in [3.05, 3.63) is 138 Å². The Hall–Kier alpha value is -6.17. The number of pyridine rings is 1. The summed E-state index contributed by atoms with van der Waals surface area (Å²) in [6, 6.07) is 40.6. The van der Waals surface area contributed by atoms with Gasteiger partial charge in [-0.15, -0.1) is 0 Å². The number of aromatic nitrogens is 3. The molecule has 0 N–H and O–H groups in total. The van der Waals surface area contributed by atoms with Crippen LogP contribution in [-0.4, -0.2) is 14.1 Å². The van der Waals surface area contributed by atoms with Crippen LogP contribution in [0.15, 0.2) is 116 Å². The Bertz CT molecular complexity index is 2600. The van der Waals surface area contributed by atoms with Gasteiger partial charge in [0.05, 0.1) is 57.0 Å². The molecule has 0 spiro atoms. The van der Waals surface area contributed by atoms with Crippen LogP contribution in [0.2, 0.25) is 0 Å². The molecule has 0 amide bonds. The van der Waals surface area contributed by atoms with Crippen molar-refractivity contribution in [3.63, 3.8) is 0 Å². The molecule has 3 aromatic heterocycles. The highest BCUT2D eigenvalue weighted by atomic mass is 15.0. The van der Waals surface area contributed by atoms with Crippen molar-refractivity contribution < 1.29 is 0 Å². The molecule has 5 nitrogen and oxygen atoms in total. The molecule has 50 heavy (non-hydrogen) atoms. The van der Waals surface area contributed by atoms with Gasteiger partial charge >= 0.3 is 0 Å². The molecule has 242 valence electrons. The third-order valence-electron chi connectivity index (χ3n) is 10.0. The molecule has 0 atom stereocenters. The van der Waals surface area contributed by atoms with Gasteiger partial charge in [-0.05, 0) is 76.1 Å². The molecule has 0 fully saturated rings. The first-order chi connectivity index (χ1) is 24.0. The van der Waals surface area contributed by atoms with Gasteiger partial charge in [-0.1, -0.05) is 96.1 Å². The fourth-order valence-electron chi connectivity index (χ4n) is 7.36. The van der Waals surface area contributed by atoms with E-state index in [-0.39, 0.29) is 10.8 Å². The summed E-state index contributed by atoms with van der Waals surface area (Å²) in [4.78, 5) is 4.94. The van der Waals surface area contributed by atoms with Crippen LogP contribution in [0.4, 0.5) is 0 Å². The number of hydrogen-bond donors (Lipinski definition) is 0. The van der Waals surface area contributed by atoms with E-state index >= 15 is 0 Å². The molecule has 0 unspecified atom stereocenters. The lowest BCUT2D eigenvalue weighted by atomic mass is 9.86. The van der Waals surface area contributed by atoms with Crippen molar-refractivity contribution in [1.82, 2.24) is 14.1 Å². The minimum atomic E-state index is -0.0103. The zero-order valence-electron chi connectivity index (χ0n) is 29.2. The predicted octanol–water partition coefficient (Wildman–Crippen LogP) is 11.3. The third-order valence-corrected chi connectivity index (χ3v) is 10.0. The van der Waals surface area contributed by atoms with E-state index in [1.807, 2.05) is 24.5 Å². The first-order valence-electron chi connectivity index (χ1n) is 17.0. The number of para-hydroxylation sites is 2. The summed E-state index contributed by atoms with van der Waals surface area (Å²) in [6.07, 6.45) is 3.86. The molecule has 8 aromatic rings. The Morgan fingerprint density at radius 2 is 0.960 bits per heavy atom. The highest BCUT2D eigenvalue weighted by Crippen LogP contribution is 2.43. The standard InChI is InChI=1S/C45H37N5/c1-44(2,3)31-17-19-39-35(22-31)33-11-7-9-13-37(33)49(39)41-26-48-27-42(43(41)28-15-16-29(24-46)30(21-28)25-47)50-38-14-10-8-12-34(38)36-23-32(45(4,5)6)18-20-40(36)50/h7-23,26-27H,1-6H3. The highest BCUT2D eigenvalue weighted by molar-refractivity contribution is 6.12. The van der Waals surface area contributed by atoms with E-state index in [0.29, 0.717) is 11.1 Å². The summed E-state index contributed by atoms with van der Waals surface area (Å²) in [5.41, 5.74) is 11.0. The molecular formula is C45H37N5. The van der Waals surface area contributed by atoms with Crippen molar-refractivity contribution in [2.75, 3.05) is 0 Å². The minimum absolute atomic E-state index is 0.0103. The van der Waals surface area contributed by atoms with Crippen LogP contribution >= 0.6 is 0 Å². The van der Waals surface area contributed by atoms with Crippen LogP contribution in [-0.2, 0) is 10.8 Å². The topological polar surface area (TPSA) is 70.3 Å². The first kappa shape index (κ1) is 31.1. The van der Waals surface area contributed by atoms with Gasteiger partial charge in [0.1, 0.15) is 12.1 Å². The summed E-state index contributed by atoms with van der Waals surface area (Å²) >= 11 is 0. The normalized spacial score (nSPS) is 12.2. The number of fused-ring (bicyclic) bond motifs is 6. The van der Waals surface area contributed by atoms with E-state index in [2.05, 4.69) is 148 Å². The summed E-state index contributed by atoms with van der Waals surface area (Å²) in [7, 11) is 0. The van der Waals surface area contributed by atoms with Crippen molar-refractivity contribution in [2.24, 2.45) is 0 Å². The number of rotatable bonds is 3. The van der Waals surface area contributed by atoms with Gasteiger partial charge in [-0.25, -0.2) is 0 Å². The van der Waals surface area contributed by atoms with Crippen LogP contribution < -0.4 is 0 Å². The van der Waals surface area contributed by atoms with Crippen LogP contribution in [0.3, 0.4) is 0 Å².